The van der Waals surface area contributed by atoms with Crippen molar-refractivity contribution in [2.75, 3.05) is 52.5 Å². The molecule has 4 rings (SSSR count). The molecule has 2 saturated heterocycles. The third-order valence-corrected chi connectivity index (χ3v) is 5.59. The molecule has 1 amide bonds. The molecule has 0 unspecified atom stereocenters. The number of benzene rings is 2. The van der Waals surface area contributed by atoms with E-state index in [1.165, 1.54) is 11.1 Å². The minimum Gasteiger partial charge on any atom is -0.378 e. The largest absolute Gasteiger partial charge is 0.378 e. The quantitative estimate of drug-likeness (QED) is 0.800. The number of piperazine rings is 1. The Morgan fingerprint density at radius 1 is 0.750 bits per heavy atom. The van der Waals surface area contributed by atoms with Gasteiger partial charge in [0.2, 0.25) is 0 Å². The number of ether oxygens (including phenoxy) is 1. The Kier molecular flexibility index (Phi) is 6.37. The lowest BCUT2D eigenvalue weighted by molar-refractivity contribution is 0.0302. The Morgan fingerprint density at radius 3 is 2.04 bits per heavy atom. The van der Waals surface area contributed by atoms with E-state index >= 15 is 0 Å². The van der Waals surface area contributed by atoms with Crippen molar-refractivity contribution in [3.05, 3.63) is 71.3 Å². The fraction of sp³-hybridized carbons (Fsp3) is 0.435. The van der Waals surface area contributed by atoms with E-state index in [1.54, 1.807) is 0 Å². The maximum absolute atomic E-state index is 12.7. The number of hydrogen-bond acceptors (Lipinski definition) is 4. The molecule has 5 nitrogen and oxygen atoms in total. The SMILES string of the molecule is O=C(c1cccc(CN2CCN(Cc3ccccc3)CC2)c1)N1CCOCC1. The van der Waals surface area contributed by atoms with Crippen LogP contribution in [0.15, 0.2) is 54.6 Å². The van der Waals surface area contributed by atoms with Crippen molar-refractivity contribution in [1.82, 2.24) is 14.7 Å². The molecule has 28 heavy (non-hydrogen) atoms. The predicted octanol–water partition coefficient (Wildman–Crippen LogP) is 2.48. The van der Waals surface area contributed by atoms with Crippen LogP contribution in [0, 0.1) is 0 Å². The van der Waals surface area contributed by atoms with Crippen LogP contribution in [0.3, 0.4) is 0 Å². The summed E-state index contributed by atoms with van der Waals surface area (Å²) in [5.41, 5.74) is 3.39. The second-order valence-electron chi connectivity index (χ2n) is 7.64. The molecule has 0 atom stereocenters. The lowest BCUT2D eigenvalue weighted by atomic mass is 10.1. The highest BCUT2D eigenvalue weighted by Crippen LogP contribution is 2.14. The maximum atomic E-state index is 12.7. The summed E-state index contributed by atoms with van der Waals surface area (Å²) < 4.78 is 5.35. The molecule has 0 saturated carbocycles. The molecule has 2 aliphatic rings. The lowest BCUT2D eigenvalue weighted by Crippen LogP contribution is -2.45. The van der Waals surface area contributed by atoms with Gasteiger partial charge in [-0.3, -0.25) is 14.6 Å². The van der Waals surface area contributed by atoms with Crippen molar-refractivity contribution in [3.63, 3.8) is 0 Å². The van der Waals surface area contributed by atoms with Crippen LogP contribution in [0.25, 0.3) is 0 Å². The number of rotatable bonds is 5. The fourth-order valence-electron chi connectivity index (χ4n) is 3.96. The maximum Gasteiger partial charge on any atom is 0.254 e. The lowest BCUT2D eigenvalue weighted by Gasteiger charge is -2.34. The first-order valence-corrected chi connectivity index (χ1v) is 10.2. The molecule has 5 heteroatoms. The third kappa shape index (κ3) is 4.98. The van der Waals surface area contributed by atoms with E-state index in [9.17, 15) is 4.79 Å². The van der Waals surface area contributed by atoms with Crippen molar-refractivity contribution >= 4 is 5.91 Å². The number of morpholine rings is 1. The first-order chi connectivity index (χ1) is 13.8. The summed E-state index contributed by atoms with van der Waals surface area (Å²) in [5, 5.41) is 0. The summed E-state index contributed by atoms with van der Waals surface area (Å²) in [5.74, 6) is 0.123. The second kappa shape index (κ2) is 9.32. The summed E-state index contributed by atoms with van der Waals surface area (Å²) in [6, 6.07) is 18.8. The first kappa shape index (κ1) is 19.1. The van der Waals surface area contributed by atoms with Gasteiger partial charge in [-0.25, -0.2) is 0 Å². The summed E-state index contributed by atoms with van der Waals surface area (Å²) in [6.45, 7) is 8.88. The standard InChI is InChI=1S/C23H29N3O2/c27-23(26-13-15-28-16-14-26)22-8-4-7-21(17-22)19-25-11-9-24(10-12-25)18-20-5-2-1-3-6-20/h1-8,17H,9-16,18-19H2. The monoisotopic (exact) mass is 379 g/mol. The van der Waals surface area contributed by atoms with E-state index in [0.29, 0.717) is 26.3 Å². The molecule has 0 aromatic heterocycles. The molecule has 2 aromatic rings. The zero-order valence-corrected chi connectivity index (χ0v) is 16.4. The van der Waals surface area contributed by atoms with E-state index in [1.807, 2.05) is 17.0 Å². The van der Waals surface area contributed by atoms with Gasteiger partial charge in [0, 0.05) is 57.9 Å². The normalized spacial score (nSPS) is 18.9. The van der Waals surface area contributed by atoms with Gasteiger partial charge in [0.1, 0.15) is 0 Å². The van der Waals surface area contributed by atoms with Crippen molar-refractivity contribution in [1.29, 1.82) is 0 Å². The van der Waals surface area contributed by atoms with Crippen LogP contribution in [-0.4, -0.2) is 73.1 Å². The highest BCUT2D eigenvalue weighted by molar-refractivity contribution is 5.94. The number of carbonyl (C=O) groups excluding carboxylic acids is 1. The van der Waals surface area contributed by atoms with Crippen LogP contribution >= 0.6 is 0 Å². The Hall–Kier alpha value is -2.21. The molecule has 0 N–H and O–H groups in total. The molecule has 2 aliphatic heterocycles. The average molecular weight is 380 g/mol. The van der Waals surface area contributed by atoms with Crippen molar-refractivity contribution in [2.24, 2.45) is 0 Å². The van der Waals surface area contributed by atoms with Crippen LogP contribution in [-0.2, 0) is 17.8 Å². The van der Waals surface area contributed by atoms with Crippen molar-refractivity contribution in [2.45, 2.75) is 13.1 Å². The summed E-state index contributed by atoms with van der Waals surface area (Å²) in [7, 11) is 0. The molecule has 0 aliphatic carbocycles. The average Bonchev–Trinajstić information content (AvgIpc) is 2.76. The van der Waals surface area contributed by atoms with Gasteiger partial charge in [-0.2, -0.15) is 0 Å². The zero-order chi connectivity index (χ0) is 19.2. The van der Waals surface area contributed by atoms with Crippen molar-refractivity contribution < 1.29 is 9.53 Å². The molecule has 148 valence electrons. The third-order valence-electron chi connectivity index (χ3n) is 5.59. The topological polar surface area (TPSA) is 36.0 Å². The summed E-state index contributed by atoms with van der Waals surface area (Å²) in [6.07, 6.45) is 0. The molecule has 0 spiro atoms. The molecule has 2 fully saturated rings. The Labute approximate surface area is 167 Å². The number of hydrogen-bond donors (Lipinski definition) is 0. The van der Waals surface area contributed by atoms with Gasteiger partial charge >= 0.3 is 0 Å². The van der Waals surface area contributed by atoms with E-state index < -0.39 is 0 Å². The van der Waals surface area contributed by atoms with Gasteiger partial charge in [-0.05, 0) is 23.3 Å². The summed E-state index contributed by atoms with van der Waals surface area (Å²) in [4.78, 5) is 19.6. The fourth-order valence-corrected chi connectivity index (χ4v) is 3.96. The van der Waals surface area contributed by atoms with Gasteiger partial charge in [-0.1, -0.05) is 42.5 Å². The Morgan fingerprint density at radius 2 is 1.36 bits per heavy atom. The Bertz CT molecular complexity index is 766. The Balaban J connectivity index is 1.30. The van der Waals surface area contributed by atoms with E-state index in [2.05, 4.69) is 52.3 Å². The molecular weight excluding hydrogens is 350 g/mol. The molecule has 0 bridgehead atoms. The van der Waals surface area contributed by atoms with E-state index in [0.717, 1.165) is 44.8 Å². The molecule has 0 radical (unpaired) electrons. The highest BCUT2D eigenvalue weighted by atomic mass is 16.5. The van der Waals surface area contributed by atoms with Crippen LogP contribution < -0.4 is 0 Å². The van der Waals surface area contributed by atoms with Crippen molar-refractivity contribution in [3.8, 4) is 0 Å². The minimum absolute atomic E-state index is 0.123. The van der Waals surface area contributed by atoms with Gasteiger partial charge in [0.25, 0.3) is 5.91 Å². The van der Waals surface area contributed by atoms with Crippen LogP contribution in [0.1, 0.15) is 21.5 Å². The number of amides is 1. The summed E-state index contributed by atoms with van der Waals surface area (Å²) >= 11 is 0. The van der Waals surface area contributed by atoms with Gasteiger partial charge < -0.3 is 9.64 Å². The zero-order valence-electron chi connectivity index (χ0n) is 16.4. The molecule has 2 aromatic carbocycles. The molecular formula is C23H29N3O2. The van der Waals surface area contributed by atoms with Crippen LogP contribution in [0.2, 0.25) is 0 Å². The van der Waals surface area contributed by atoms with Crippen LogP contribution in [0.4, 0.5) is 0 Å². The molecule has 2 heterocycles. The highest BCUT2D eigenvalue weighted by Gasteiger charge is 2.20. The predicted molar refractivity (Wildman–Crippen MR) is 110 cm³/mol. The second-order valence-corrected chi connectivity index (χ2v) is 7.64. The van der Waals surface area contributed by atoms with Crippen LogP contribution in [0.5, 0.6) is 0 Å². The van der Waals surface area contributed by atoms with Gasteiger partial charge in [-0.15, -0.1) is 0 Å². The van der Waals surface area contributed by atoms with E-state index in [-0.39, 0.29) is 5.91 Å². The van der Waals surface area contributed by atoms with E-state index in [4.69, 9.17) is 4.74 Å². The van der Waals surface area contributed by atoms with Gasteiger partial charge in [0.15, 0.2) is 0 Å². The number of nitrogens with zero attached hydrogens (tertiary/aromatic N) is 3. The first-order valence-electron chi connectivity index (χ1n) is 10.2. The smallest absolute Gasteiger partial charge is 0.254 e. The number of carbonyl (C=O) groups is 1. The minimum atomic E-state index is 0.123. The van der Waals surface area contributed by atoms with Gasteiger partial charge in [0.05, 0.1) is 13.2 Å².